The van der Waals surface area contributed by atoms with Crippen LogP contribution in [-0.2, 0) is 11.0 Å². The summed E-state index contributed by atoms with van der Waals surface area (Å²) in [6.07, 6.45) is -2.63. The van der Waals surface area contributed by atoms with Crippen LogP contribution in [0.5, 0.6) is 5.75 Å². The van der Waals surface area contributed by atoms with Gasteiger partial charge in [0.25, 0.3) is 5.91 Å². The van der Waals surface area contributed by atoms with E-state index >= 15 is 0 Å². The van der Waals surface area contributed by atoms with Crippen molar-refractivity contribution >= 4 is 17.5 Å². The van der Waals surface area contributed by atoms with Gasteiger partial charge in [0.15, 0.2) is 0 Å². The van der Waals surface area contributed by atoms with Crippen molar-refractivity contribution in [2.24, 2.45) is 0 Å². The summed E-state index contributed by atoms with van der Waals surface area (Å²) in [4.78, 5) is 33.7. The first-order chi connectivity index (χ1) is 19.3. The SMILES string of the molecule is COc1cccc([C@H]2[C@H](C(=O)N3CCN(c4cccc(C(F)(F)F)c4)CC3)c3ccccc3C(=O)N2C2CC2)c1. The molecule has 1 saturated heterocycles. The fourth-order valence-electron chi connectivity index (χ4n) is 6.01. The minimum absolute atomic E-state index is 0.0654. The van der Waals surface area contributed by atoms with Crippen LogP contribution in [0.15, 0.2) is 72.8 Å². The van der Waals surface area contributed by atoms with Crippen LogP contribution in [0.3, 0.4) is 0 Å². The van der Waals surface area contributed by atoms with E-state index in [-0.39, 0.29) is 17.9 Å². The third-order valence-corrected chi connectivity index (χ3v) is 8.15. The van der Waals surface area contributed by atoms with Crippen molar-refractivity contribution in [3.63, 3.8) is 0 Å². The molecule has 0 N–H and O–H groups in total. The van der Waals surface area contributed by atoms with Gasteiger partial charge in [-0.2, -0.15) is 13.2 Å². The molecule has 2 aliphatic heterocycles. The maximum absolute atomic E-state index is 14.4. The van der Waals surface area contributed by atoms with Crippen molar-refractivity contribution in [3.05, 3.63) is 95.1 Å². The lowest BCUT2D eigenvalue weighted by molar-refractivity contribution is -0.137. The lowest BCUT2D eigenvalue weighted by Gasteiger charge is -2.45. The fourth-order valence-corrected chi connectivity index (χ4v) is 6.01. The van der Waals surface area contributed by atoms with Crippen molar-refractivity contribution in [2.45, 2.75) is 37.0 Å². The number of carbonyl (C=O) groups excluding carboxylic acids is 2. The van der Waals surface area contributed by atoms with Crippen LogP contribution in [0, 0.1) is 0 Å². The molecule has 2 fully saturated rings. The van der Waals surface area contributed by atoms with E-state index in [0.29, 0.717) is 48.7 Å². The summed E-state index contributed by atoms with van der Waals surface area (Å²) >= 11 is 0. The summed E-state index contributed by atoms with van der Waals surface area (Å²) in [5.74, 6) is -0.103. The number of hydrogen-bond donors (Lipinski definition) is 0. The second kappa shape index (κ2) is 10.2. The molecule has 208 valence electrons. The van der Waals surface area contributed by atoms with Crippen molar-refractivity contribution in [1.29, 1.82) is 0 Å². The summed E-state index contributed by atoms with van der Waals surface area (Å²) in [5.41, 5.74) is 1.91. The van der Waals surface area contributed by atoms with Gasteiger partial charge in [-0.15, -0.1) is 0 Å². The summed E-state index contributed by atoms with van der Waals surface area (Å²) in [5, 5.41) is 0. The van der Waals surface area contributed by atoms with Crippen LogP contribution in [0.2, 0.25) is 0 Å². The number of halogens is 3. The maximum atomic E-state index is 14.4. The predicted molar refractivity (Wildman–Crippen MR) is 144 cm³/mol. The smallest absolute Gasteiger partial charge is 0.416 e. The first-order valence-corrected chi connectivity index (χ1v) is 13.5. The van der Waals surface area contributed by atoms with Gasteiger partial charge in [-0.1, -0.05) is 36.4 Å². The van der Waals surface area contributed by atoms with Gasteiger partial charge < -0.3 is 19.4 Å². The summed E-state index contributed by atoms with van der Waals surface area (Å²) in [6, 6.07) is 19.8. The molecule has 0 aromatic heterocycles. The highest BCUT2D eigenvalue weighted by atomic mass is 19.4. The number of piperazine rings is 1. The van der Waals surface area contributed by atoms with Crippen molar-refractivity contribution in [3.8, 4) is 5.75 Å². The minimum Gasteiger partial charge on any atom is -0.497 e. The Balaban J connectivity index is 1.32. The molecular weight excluding hydrogens is 519 g/mol. The van der Waals surface area contributed by atoms with Crippen LogP contribution in [0.25, 0.3) is 0 Å². The van der Waals surface area contributed by atoms with Gasteiger partial charge in [-0.25, -0.2) is 0 Å². The summed E-state index contributed by atoms with van der Waals surface area (Å²) in [6.45, 7) is 1.57. The van der Waals surface area contributed by atoms with E-state index < -0.39 is 23.7 Å². The zero-order chi connectivity index (χ0) is 28.0. The van der Waals surface area contributed by atoms with Crippen molar-refractivity contribution in [1.82, 2.24) is 9.80 Å². The molecule has 6 nitrogen and oxygen atoms in total. The highest BCUT2D eigenvalue weighted by Gasteiger charge is 2.50. The number of carbonyl (C=O) groups is 2. The van der Waals surface area contributed by atoms with Gasteiger partial charge in [0.05, 0.1) is 24.6 Å². The predicted octanol–water partition coefficient (Wildman–Crippen LogP) is 5.51. The summed E-state index contributed by atoms with van der Waals surface area (Å²) < 4.78 is 45.3. The lowest BCUT2D eigenvalue weighted by Crippen LogP contribution is -2.53. The zero-order valence-electron chi connectivity index (χ0n) is 22.1. The molecule has 2 atom stereocenters. The van der Waals surface area contributed by atoms with E-state index in [1.165, 1.54) is 6.07 Å². The van der Waals surface area contributed by atoms with E-state index in [0.717, 1.165) is 30.5 Å². The van der Waals surface area contributed by atoms with E-state index in [4.69, 9.17) is 4.74 Å². The molecule has 6 rings (SSSR count). The lowest BCUT2D eigenvalue weighted by atomic mass is 9.78. The van der Waals surface area contributed by atoms with Crippen LogP contribution < -0.4 is 9.64 Å². The van der Waals surface area contributed by atoms with E-state index in [1.807, 2.05) is 52.3 Å². The molecule has 2 heterocycles. The molecule has 3 aromatic carbocycles. The highest BCUT2D eigenvalue weighted by molar-refractivity contribution is 6.01. The molecular formula is C31H30F3N3O3. The quantitative estimate of drug-likeness (QED) is 0.422. The van der Waals surface area contributed by atoms with Gasteiger partial charge in [-0.05, 0) is 60.4 Å². The Morgan fingerprint density at radius 1 is 0.900 bits per heavy atom. The molecule has 3 aromatic rings. The van der Waals surface area contributed by atoms with Gasteiger partial charge in [0.1, 0.15) is 5.75 Å². The Morgan fingerprint density at radius 2 is 1.62 bits per heavy atom. The number of nitrogens with zero attached hydrogens (tertiary/aromatic N) is 3. The molecule has 3 aliphatic rings. The molecule has 0 bridgehead atoms. The zero-order valence-corrected chi connectivity index (χ0v) is 22.1. The van der Waals surface area contributed by atoms with Gasteiger partial charge >= 0.3 is 6.18 Å². The van der Waals surface area contributed by atoms with Crippen molar-refractivity contribution < 1.29 is 27.5 Å². The Kier molecular flexibility index (Phi) is 6.68. The molecule has 0 unspecified atom stereocenters. The van der Waals surface area contributed by atoms with E-state index in [2.05, 4.69) is 0 Å². The number of ether oxygens (including phenoxy) is 1. The van der Waals surface area contributed by atoms with Crippen molar-refractivity contribution in [2.75, 3.05) is 38.2 Å². The van der Waals surface area contributed by atoms with Gasteiger partial charge in [-0.3, -0.25) is 9.59 Å². The maximum Gasteiger partial charge on any atom is 0.416 e. The molecule has 40 heavy (non-hydrogen) atoms. The second-order valence-corrected chi connectivity index (χ2v) is 10.6. The monoisotopic (exact) mass is 549 g/mol. The molecule has 2 amide bonds. The van der Waals surface area contributed by atoms with Crippen LogP contribution in [0.1, 0.15) is 51.8 Å². The van der Waals surface area contributed by atoms with Crippen LogP contribution in [0.4, 0.5) is 18.9 Å². The largest absolute Gasteiger partial charge is 0.497 e. The standard InChI is InChI=1S/C31H30F3N3O3/c1-40-24-9-4-6-20(18-24)28-27(25-10-2-3-11-26(25)29(38)37(28)22-12-13-22)30(39)36-16-14-35(15-17-36)23-8-5-7-21(19-23)31(32,33)34/h2-11,18-19,22,27-28H,12-17H2,1H3/t27-,28+/m1/s1. The number of anilines is 1. The number of hydrogen-bond acceptors (Lipinski definition) is 4. The number of rotatable bonds is 5. The third-order valence-electron chi connectivity index (χ3n) is 8.15. The Hall–Kier alpha value is -4.01. The topological polar surface area (TPSA) is 53.1 Å². The average Bonchev–Trinajstić information content (AvgIpc) is 3.82. The molecule has 9 heteroatoms. The minimum atomic E-state index is -4.41. The third kappa shape index (κ3) is 4.78. The number of amides is 2. The average molecular weight is 550 g/mol. The number of fused-ring (bicyclic) bond motifs is 1. The number of methoxy groups -OCH3 is 1. The normalized spacial score (nSPS) is 21.3. The highest BCUT2D eigenvalue weighted by Crippen LogP contribution is 2.48. The summed E-state index contributed by atoms with van der Waals surface area (Å²) in [7, 11) is 1.59. The van der Waals surface area contributed by atoms with Gasteiger partial charge in [0.2, 0.25) is 5.91 Å². The van der Waals surface area contributed by atoms with Crippen LogP contribution >= 0.6 is 0 Å². The molecule has 1 saturated carbocycles. The molecule has 1 aliphatic carbocycles. The molecule has 0 spiro atoms. The number of benzene rings is 3. The first-order valence-electron chi connectivity index (χ1n) is 13.5. The Morgan fingerprint density at radius 3 is 2.33 bits per heavy atom. The van der Waals surface area contributed by atoms with Gasteiger partial charge in [0, 0.05) is 43.5 Å². The second-order valence-electron chi connectivity index (χ2n) is 10.6. The van der Waals surface area contributed by atoms with E-state index in [9.17, 15) is 22.8 Å². The fraction of sp³-hybridized carbons (Fsp3) is 0.355. The van der Waals surface area contributed by atoms with Crippen LogP contribution in [-0.4, -0.2) is 60.9 Å². The molecule has 0 radical (unpaired) electrons. The Labute approximate surface area is 230 Å². The number of alkyl halides is 3. The Bertz CT molecular complexity index is 1430. The first kappa shape index (κ1) is 26.2. The van der Waals surface area contributed by atoms with E-state index in [1.54, 1.807) is 24.1 Å².